The average molecular weight is 224 g/mol. The average Bonchev–Trinajstić information content (AvgIpc) is 2.28. The van der Waals surface area contributed by atoms with E-state index in [1.807, 2.05) is 19.9 Å². The van der Waals surface area contributed by atoms with Crippen LogP contribution in [-0.4, -0.2) is 16.6 Å². The first-order valence-corrected chi connectivity index (χ1v) is 5.55. The van der Waals surface area contributed by atoms with Gasteiger partial charge in [0.15, 0.2) is 5.82 Å². The molecule has 0 saturated heterocycles. The molecule has 0 amide bonds. The molecule has 1 atom stereocenters. The summed E-state index contributed by atoms with van der Waals surface area (Å²) in [4.78, 5) is 8.75. The zero-order chi connectivity index (χ0) is 12.1. The van der Waals surface area contributed by atoms with Gasteiger partial charge in [0.1, 0.15) is 11.9 Å². The summed E-state index contributed by atoms with van der Waals surface area (Å²) >= 11 is 0. The summed E-state index contributed by atoms with van der Waals surface area (Å²) in [5, 5.41) is 0. The lowest BCUT2D eigenvalue weighted by molar-refractivity contribution is 0.0699. The fraction of sp³-hybridized carbons (Fsp3) is 0.636. The van der Waals surface area contributed by atoms with Gasteiger partial charge in [-0.05, 0) is 19.8 Å². The van der Waals surface area contributed by atoms with Crippen molar-refractivity contribution in [2.24, 2.45) is 5.84 Å². The van der Waals surface area contributed by atoms with Crippen LogP contribution >= 0.6 is 0 Å². The largest absolute Gasteiger partial charge is 0.371 e. The predicted molar refractivity (Wildman–Crippen MR) is 64.0 cm³/mol. The Morgan fingerprint density at radius 1 is 1.38 bits per heavy atom. The molecule has 1 heterocycles. The van der Waals surface area contributed by atoms with Crippen molar-refractivity contribution in [1.82, 2.24) is 9.97 Å². The van der Waals surface area contributed by atoms with E-state index in [1.54, 1.807) is 0 Å². The lowest BCUT2D eigenvalue weighted by atomic mass is 10.1. The summed E-state index contributed by atoms with van der Waals surface area (Å²) in [5.74, 6) is 7.01. The van der Waals surface area contributed by atoms with Crippen molar-refractivity contribution in [3.63, 3.8) is 0 Å². The van der Waals surface area contributed by atoms with Crippen LogP contribution in [-0.2, 0) is 4.74 Å². The van der Waals surface area contributed by atoms with E-state index in [0.717, 1.165) is 5.69 Å². The minimum absolute atomic E-state index is 0.115. The maximum Gasteiger partial charge on any atom is 0.159 e. The molecule has 0 aliphatic heterocycles. The number of ether oxygens (including phenoxy) is 1. The molecule has 16 heavy (non-hydrogen) atoms. The third-order valence-corrected chi connectivity index (χ3v) is 2.28. The number of nitrogens with two attached hydrogens (primary N) is 1. The quantitative estimate of drug-likeness (QED) is 0.591. The number of aromatic nitrogens is 2. The second kappa shape index (κ2) is 5.77. The van der Waals surface area contributed by atoms with Crippen LogP contribution in [0.3, 0.4) is 0 Å². The van der Waals surface area contributed by atoms with E-state index in [0.29, 0.717) is 24.2 Å². The first-order valence-electron chi connectivity index (χ1n) is 5.55. The molecule has 0 bridgehead atoms. The molecular weight excluding hydrogens is 204 g/mol. The predicted octanol–water partition coefficient (Wildman–Crippen LogP) is 1.98. The standard InChI is InChI=1S/C11H20N4O/c1-5-16-8(4)11-13-9(7(2)3)6-10(14-11)15-12/h6-8H,5,12H2,1-4H3,(H,13,14,15). The molecule has 5 nitrogen and oxygen atoms in total. The molecule has 1 unspecified atom stereocenters. The maximum absolute atomic E-state index is 5.47. The fourth-order valence-corrected chi connectivity index (χ4v) is 1.36. The highest BCUT2D eigenvalue weighted by Gasteiger charge is 2.12. The molecule has 90 valence electrons. The van der Waals surface area contributed by atoms with Crippen LogP contribution in [0.15, 0.2) is 6.07 Å². The third kappa shape index (κ3) is 3.15. The Labute approximate surface area is 96.4 Å². The highest BCUT2D eigenvalue weighted by atomic mass is 16.5. The van der Waals surface area contributed by atoms with Crippen molar-refractivity contribution < 1.29 is 4.74 Å². The smallest absolute Gasteiger partial charge is 0.159 e. The van der Waals surface area contributed by atoms with Gasteiger partial charge in [-0.2, -0.15) is 0 Å². The minimum Gasteiger partial charge on any atom is -0.371 e. The molecule has 0 spiro atoms. The minimum atomic E-state index is -0.115. The number of hydrogen-bond donors (Lipinski definition) is 2. The fourth-order valence-electron chi connectivity index (χ4n) is 1.36. The molecule has 5 heteroatoms. The van der Waals surface area contributed by atoms with Gasteiger partial charge in [0.05, 0.1) is 0 Å². The highest BCUT2D eigenvalue weighted by molar-refractivity contribution is 5.35. The summed E-state index contributed by atoms with van der Waals surface area (Å²) in [6.45, 7) is 8.69. The van der Waals surface area contributed by atoms with Crippen LogP contribution in [0.2, 0.25) is 0 Å². The SMILES string of the molecule is CCOC(C)c1nc(NN)cc(C(C)C)n1. The van der Waals surface area contributed by atoms with Crippen molar-refractivity contribution in [2.45, 2.75) is 39.7 Å². The van der Waals surface area contributed by atoms with E-state index in [9.17, 15) is 0 Å². The first-order chi connectivity index (χ1) is 7.58. The van der Waals surface area contributed by atoms with Crippen molar-refractivity contribution in [2.75, 3.05) is 12.0 Å². The van der Waals surface area contributed by atoms with Gasteiger partial charge in [0, 0.05) is 18.4 Å². The molecule has 1 aromatic rings. The van der Waals surface area contributed by atoms with Gasteiger partial charge in [-0.3, -0.25) is 0 Å². The second-order valence-corrected chi connectivity index (χ2v) is 3.93. The lowest BCUT2D eigenvalue weighted by Crippen LogP contribution is -2.14. The summed E-state index contributed by atoms with van der Waals surface area (Å²) in [6.07, 6.45) is -0.115. The van der Waals surface area contributed by atoms with E-state index in [1.165, 1.54) is 0 Å². The molecule has 0 aromatic carbocycles. The molecule has 0 aliphatic rings. The monoisotopic (exact) mass is 224 g/mol. The summed E-state index contributed by atoms with van der Waals surface area (Å²) < 4.78 is 5.47. The molecule has 3 N–H and O–H groups in total. The van der Waals surface area contributed by atoms with Crippen LogP contribution in [0, 0.1) is 0 Å². The van der Waals surface area contributed by atoms with Gasteiger partial charge >= 0.3 is 0 Å². The molecule has 0 saturated carbocycles. The highest BCUT2D eigenvalue weighted by Crippen LogP contribution is 2.19. The van der Waals surface area contributed by atoms with Crippen LogP contribution in [0.25, 0.3) is 0 Å². The summed E-state index contributed by atoms with van der Waals surface area (Å²) in [5.41, 5.74) is 3.52. The molecule has 0 aliphatic carbocycles. The number of nitrogens with one attached hydrogen (secondary N) is 1. The van der Waals surface area contributed by atoms with Crippen LogP contribution in [0.1, 0.15) is 51.2 Å². The first kappa shape index (κ1) is 12.9. The number of hydrogen-bond acceptors (Lipinski definition) is 5. The van der Waals surface area contributed by atoms with Gasteiger partial charge in [0.25, 0.3) is 0 Å². The van der Waals surface area contributed by atoms with Crippen molar-refractivity contribution >= 4 is 5.82 Å². The molecule has 0 fully saturated rings. The van der Waals surface area contributed by atoms with E-state index < -0.39 is 0 Å². The van der Waals surface area contributed by atoms with Gasteiger partial charge in [-0.15, -0.1) is 0 Å². The normalized spacial score (nSPS) is 12.9. The van der Waals surface area contributed by atoms with Crippen molar-refractivity contribution in [1.29, 1.82) is 0 Å². The lowest BCUT2D eigenvalue weighted by Gasteiger charge is -2.14. The topological polar surface area (TPSA) is 73.1 Å². The Bertz CT molecular complexity index is 341. The van der Waals surface area contributed by atoms with E-state index in [4.69, 9.17) is 10.6 Å². The van der Waals surface area contributed by atoms with Gasteiger partial charge in [-0.25, -0.2) is 15.8 Å². The van der Waals surface area contributed by atoms with Gasteiger partial charge < -0.3 is 10.2 Å². The molecule has 0 radical (unpaired) electrons. The number of nitrogens with zero attached hydrogens (tertiary/aromatic N) is 2. The third-order valence-electron chi connectivity index (χ3n) is 2.28. The zero-order valence-electron chi connectivity index (χ0n) is 10.3. The number of hydrazine groups is 1. The van der Waals surface area contributed by atoms with E-state index in [-0.39, 0.29) is 6.10 Å². The summed E-state index contributed by atoms with van der Waals surface area (Å²) in [7, 11) is 0. The van der Waals surface area contributed by atoms with E-state index in [2.05, 4.69) is 29.2 Å². The Balaban J connectivity index is 3.03. The van der Waals surface area contributed by atoms with Crippen LogP contribution in [0.5, 0.6) is 0 Å². The number of rotatable bonds is 5. The second-order valence-electron chi connectivity index (χ2n) is 3.93. The summed E-state index contributed by atoms with van der Waals surface area (Å²) in [6, 6.07) is 1.85. The number of nitrogen functional groups attached to an aromatic ring is 1. The molecule has 1 rings (SSSR count). The van der Waals surface area contributed by atoms with E-state index >= 15 is 0 Å². The Morgan fingerprint density at radius 3 is 2.56 bits per heavy atom. The molecular formula is C11H20N4O. The number of anilines is 1. The van der Waals surface area contributed by atoms with Gasteiger partial charge in [-0.1, -0.05) is 13.8 Å². The van der Waals surface area contributed by atoms with Crippen molar-refractivity contribution in [3.8, 4) is 0 Å². The maximum atomic E-state index is 5.47. The van der Waals surface area contributed by atoms with Crippen LogP contribution in [0.4, 0.5) is 5.82 Å². The Morgan fingerprint density at radius 2 is 2.06 bits per heavy atom. The molecule has 1 aromatic heterocycles. The Kier molecular flexibility index (Phi) is 4.64. The van der Waals surface area contributed by atoms with Gasteiger partial charge in [0.2, 0.25) is 0 Å². The van der Waals surface area contributed by atoms with Crippen molar-refractivity contribution in [3.05, 3.63) is 17.6 Å². The zero-order valence-corrected chi connectivity index (χ0v) is 10.3. The Hall–Kier alpha value is -1.20. The van der Waals surface area contributed by atoms with Crippen LogP contribution < -0.4 is 11.3 Å².